The molecule has 0 bridgehead atoms. The summed E-state index contributed by atoms with van der Waals surface area (Å²) >= 11 is 0. The van der Waals surface area contributed by atoms with Crippen LogP contribution in [0.1, 0.15) is 56.1 Å². The SMILES string of the molecule is CCCc1ccccc1C1CCCC1. The molecule has 0 aromatic heterocycles. The van der Waals surface area contributed by atoms with Crippen molar-refractivity contribution >= 4 is 0 Å². The lowest BCUT2D eigenvalue weighted by molar-refractivity contribution is 0.708. The summed E-state index contributed by atoms with van der Waals surface area (Å²) in [6, 6.07) is 9.05. The molecular weight excluding hydrogens is 168 g/mol. The number of hydrogen-bond acceptors (Lipinski definition) is 0. The fourth-order valence-electron chi connectivity index (χ4n) is 2.67. The Balaban J connectivity index is 2.21. The molecule has 1 aliphatic carbocycles. The van der Waals surface area contributed by atoms with Gasteiger partial charge in [0.2, 0.25) is 0 Å². The minimum absolute atomic E-state index is 0.873. The Morgan fingerprint density at radius 2 is 1.86 bits per heavy atom. The molecule has 0 unspecified atom stereocenters. The Kier molecular flexibility index (Phi) is 3.23. The molecule has 0 N–H and O–H groups in total. The van der Waals surface area contributed by atoms with Gasteiger partial charge in [-0.2, -0.15) is 0 Å². The van der Waals surface area contributed by atoms with Crippen molar-refractivity contribution in [3.05, 3.63) is 35.4 Å². The summed E-state index contributed by atoms with van der Waals surface area (Å²) in [6.45, 7) is 2.27. The van der Waals surface area contributed by atoms with Crippen LogP contribution in [0.15, 0.2) is 24.3 Å². The zero-order valence-corrected chi connectivity index (χ0v) is 9.13. The maximum Gasteiger partial charge on any atom is -0.0159 e. The van der Waals surface area contributed by atoms with Crippen molar-refractivity contribution < 1.29 is 0 Å². The molecule has 0 heterocycles. The van der Waals surface area contributed by atoms with Crippen LogP contribution in [0, 0.1) is 0 Å². The van der Waals surface area contributed by atoms with Gasteiger partial charge in [-0.3, -0.25) is 0 Å². The smallest absolute Gasteiger partial charge is 0.0159 e. The van der Waals surface area contributed by atoms with E-state index in [4.69, 9.17) is 0 Å². The lowest BCUT2D eigenvalue weighted by atomic mass is 9.91. The maximum absolute atomic E-state index is 2.35. The maximum atomic E-state index is 2.35. The fourth-order valence-corrected chi connectivity index (χ4v) is 2.67. The largest absolute Gasteiger partial charge is 0.0651 e. The molecular formula is C14H20. The van der Waals surface area contributed by atoms with Gasteiger partial charge in [-0.15, -0.1) is 0 Å². The second-order valence-electron chi connectivity index (χ2n) is 4.43. The predicted molar refractivity (Wildman–Crippen MR) is 61.6 cm³/mol. The van der Waals surface area contributed by atoms with E-state index in [0.717, 1.165) is 5.92 Å². The Bertz CT molecular complexity index is 282. The molecule has 14 heavy (non-hydrogen) atoms. The highest BCUT2D eigenvalue weighted by molar-refractivity contribution is 5.31. The quantitative estimate of drug-likeness (QED) is 0.663. The summed E-state index contributed by atoms with van der Waals surface area (Å²) in [6.07, 6.45) is 8.23. The van der Waals surface area contributed by atoms with Gasteiger partial charge in [-0.1, -0.05) is 50.5 Å². The first-order chi connectivity index (χ1) is 6.92. The summed E-state index contributed by atoms with van der Waals surface area (Å²) in [5.74, 6) is 0.873. The standard InChI is InChI=1S/C14H20/c1-2-7-12-8-5-6-11-14(12)13-9-3-4-10-13/h5-6,8,11,13H,2-4,7,9-10H2,1H3. The highest BCUT2D eigenvalue weighted by Gasteiger charge is 2.18. The van der Waals surface area contributed by atoms with Crippen LogP contribution in [-0.4, -0.2) is 0 Å². The molecule has 0 atom stereocenters. The van der Waals surface area contributed by atoms with E-state index in [-0.39, 0.29) is 0 Å². The molecule has 1 aromatic carbocycles. The minimum atomic E-state index is 0.873. The van der Waals surface area contributed by atoms with Crippen LogP contribution >= 0.6 is 0 Å². The molecule has 0 aliphatic heterocycles. The normalized spacial score (nSPS) is 17.5. The summed E-state index contributed by atoms with van der Waals surface area (Å²) < 4.78 is 0. The van der Waals surface area contributed by atoms with Crippen LogP contribution in [0.3, 0.4) is 0 Å². The summed E-state index contributed by atoms with van der Waals surface area (Å²) in [5.41, 5.74) is 3.24. The molecule has 0 amide bonds. The number of aryl methyl sites for hydroxylation is 1. The first kappa shape index (κ1) is 9.76. The predicted octanol–water partition coefficient (Wildman–Crippen LogP) is 4.30. The Labute approximate surface area is 87.3 Å². The van der Waals surface area contributed by atoms with Crippen LogP contribution in [0.5, 0.6) is 0 Å². The Morgan fingerprint density at radius 3 is 2.57 bits per heavy atom. The van der Waals surface area contributed by atoms with Crippen LogP contribution in [0.4, 0.5) is 0 Å². The van der Waals surface area contributed by atoms with Gasteiger partial charge in [-0.25, -0.2) is 0 Å². The van der Waals surface area contributed by atoms with Crippen molar-refractivity contribution in [1.29, 1.82) is 0 Å². The Morgan fingerprint density at radius 1 is 1.14 bits per heavy atom. The number of hydrogen-bond donors (Lipinski definition) is 0. The molecule has 0 spiro atoms. The Hall–Kier alpha value is -0.780. The molecule has 1 aliphatic rings. The molecule has 0 heteroatoms. The van der Waals surface area contributed by atoms with Gasteiger partial charge in [0, 0.05) is 0 Å². The van der Waals surface area contributed by atoms with Crippen molar-refractivity contribution in [2.75, 3.05) is 0 Å². The average Bonchev–Trinajstić information content (AvgIpc) is 2.72. The van der Waals surface area contributed by atoms with Gasteiger partial charge in [-0.05, 0) is 36.3 Å². The van der Waals surface area contributed by atoms with E-state index in [0.29, 0.717) is 0 Å². The third-order valence-corrected chi connectivity index (χ3v) is 3.37. The highest BCUT2D eigenvalue weighted by Crippen LogP contribution is 2.35. The van der Waals surface area contributed by atoms with E-state index < -0.39 is 0 Å². The third kappa shape index (κ3) is 2.00. The molecule has 1 fully saturated rings. The van der Waals surface area contributed by atoms with Crippen molar-refractivity contribution in [3.63, 3.8) is 0 Å². The van der Waals surface area contributed by atoms with Crippen LogP contribution in [-0.2, 0) is 6.42 Å². The van der Waals surface area contributed by atoms with Crippen molar-refractivity contribution in [1.82, 2.24) is 0 Å². The topological polar surface area (TPSA) is 0 Å². The molecule has 1 saturated carbocycles. The van der Waals surface area contributed by atoms with Gasteiger partial charge in [0.05, 0.1) is 0 Å². The van der Waals surface area contributed by atoms with Crippen molar-refractivity contribution in [2.24, 2.45) is 0 Å². The first-order valence-corrected chi connectivity index (χ1v) is 5.99. The van der Waals surface area contributed by atoms with Crippen LogP contribution < -0.4 is 0 Å². The minimum Gasteiger partial charge on any atom is -0.0651 e. The van der Waals surface area contributed by atoms with E-state index >= 15 is 0 Å². The fraction of sp³-hybridized carbons (Fsp3) is 0.571. The molecule has 0 saturated heterocycles. The molecule has 1 aromatic rings. The summed E-state index contributed by atoms with van der Waals surface area (Å²) in [5, 5.41) is 0. The molecule has 0 nitrogen and oxygen atoms in total. The van der Waals surface area contributed by atoms with Gasteiger partial charge in [0.1, 0.15) is 0 Å². The van der Waals surface area contributed by atoms with Gasteiger partial charge < -0.3 is 0 Å². The molecule has 2 rings (SSSR count). The second kappa shape index (κ2) is 4.63. The average molecular weight is 188 g/mol. The van der Waals surface area contributed by atoms with Crippen LogP contribution in [0.2, 0.25) is 0 Å². The summed E-state index contributed by atoms with van der Waals surface area (Å²) in [4.78, 5) is 0. The van der Waals surface area contributed by atoms with Crippen molar-refractivity contribution in [2.45, 2.75) is 51.4 Å². The van der Waals surface area contributed by atoms with Gasteiger partial charge in [0.15, 0.2) is 0 Å². The van der Waals surface area contributed by atoms with E-state index in [1.807, 2.05) is 0 Å². The highest BCUT2D eigenvalue weighted by atomic mass is 14.2. The van der Waals surface area contributed by atoms with E-state index in [2.05, 4.69) is 31.2 Å². The van der Waals surface area contributed by atoms with Gasteiger partial charge in [0.25, 0.3) is 0 Å². The first-order valence-electron chi connectivity index (χ1n) is 5.99. The zero-order valence-electron chi connectivity index (χ0n) is 9.13. The number of rotatable bonds is 3. The van der Waals surface area contributed by atoms with E-state index in [9.17, 15) is 0 Å². The summed E-state index contributed by atoms with van der Waals surface area (Å²) in [7, 11) is 0. The molecule has 76 valence electrons. The third-order valence-electron chi connectivity index (χ3n) is 3.37. The van der Waals surface area contributed by atoms with Gasteiger partial charge >= 0.3 is 0 Å². The van der Waals surface area contributed by atoms with E-state index in [1.165, 1.54) is 38.5 Å². The lowest BCUT2D eigenvalue weighted by Crippen LogP contribution is -1.98. The number of benzene rings is 1. The van der Waals surface area contributed by atoms with Crippen LogP contribution in [0.25, 0.3) is 0 Å². The monoisotopic (exact) mass is 188 g/mol. The second-order valence-corrected chi connectivity index (χ2v) is 4.43. The zero-order chi connectivity index (χ0) is 9.80. The lowest BCUT2D eigenvalue weighted by Gasteiger charge is -2.14. The van der Waals surface area contributed by atoms with Crippen molar-refractivity contribution in [3.8, 4) is 0 Å². The molecule has 0 radical (unpaired) electrons. The van der Waals surface area contributed by atoms with E-state index in [1.54, 1.807) is 11.1 Å².